The summed E-state index contributed by atoms with van der Waals surface area (Å²) in [6.45, 7) is 1.86. The second kappa shape index (κ2) is 6.62. The molecule has 0 aliphatic heterocycles. The molecule has 0 saturated carbocycles. The van der Waals surface area contributed by atoms with Crippen molar-refractivity contribution in [2.75, 3.05) is 0 Å². The molecule has 124 valence electrons. The quantitative estimate of drug-likeness (QED) is 0.822. The van der Waals surface area contributed by atoms with Gasteiger partial charge in [-0.2, -0.15) is 13.2 Å². The van der Waals surface area contributed by atoms with Crippen molar-refractivity contribution in [2.24, 2.45) is 0 Å². The molecule has 1 N–H and O–H groups in total. The SMILES string of the molecule is Cc1cccc(CNS(=O)(=O)c2ccc(Br)c(C(F)(F)F)c2)c1. The Kier molecular flexibility index (Phi) is 5.17. The molecule has 0 radical (unpaired) electrons. The van der Waals surface area contributed by atoms with Crippen LogP contribution in [0.5, 0.6) is 0 Å². The minimum atomic E-state index is -4.64. The van der Waals surface area contributed by atoms with Gasteiger partial charge in [-0.1, -0.05) is 45.8 Å². The highest BCUT2D eigenvalue weighted by Crippen LogP contribution is 2.36. The zero-order chi connectivity index (χ0) is 17.3. The molecule has 23 heavy (non-hydrogen) atoms. The minimum Gasteiger partial charge on any atom is -0.207 e. The Balaban J connectivity index is 2.26. The van der Waals surface area contributed by atoms with Crippen molar-refractivity contribution in [1.29, 1.82) is 0 Å². The minimum absolute atomic E-state index is 0.00142. The predicted molar refractivity (Wildman–Crippen MR) is 84.3 cm³/mol. The van der Waals surface area contributed by atoms with Crippen molar-refractivity contribution in [3.63, 3.8) is 0 Å². The van der Waals surface area contributed by atoms with Crippen molar-refractivity contribution in [2.45, 2.75) is 24.5 Å². The summed E-state index contributed by atoms with van der Waals surface area (Å²) in [6.07, 6.45) is -4.64. The molecule has 0 bridgehead atoms. The van der Waals surface area contributed by atoms with Crippen molar-refractivity contribution < 1.29 is 21.6 Å². The number of benzene rings is 2. The Hall–Kier alpha value is -1.38. The van der Waals surface area contributed by atoms with E-state index in [1.807, 2.05) is 13.0 Å². The summed E-state index contributed by atoms with van der Waals surface area (Å²) in [5, 5.41) is 0. The van der Waals surface area contributed by atoms with Crippen molar-refractivity contribution in [3.05, 3.63) is 63.6 Å². The monoisotopic (exact) mass is 407 g/mol. The summed E-state index contributed by atoms with van der Waals surface area (Å²) in [4.78, 5) is -0.430. The molecule has 0 fully saturated rings. The molecule has 0 aromatic heterocycles. The number of hydrogen-bond donors (Lipinski definition) is 1. The van der Waals surface area contributed by atoms with Gasteiger partial charge in [0.25, 0.3) is 0 Å². The van der Waals surface area contributed by atoms with Crippen LogP contribution in [0.3, 0.4) is 0 Å². The summed E-state index contributed by atoms with van der Waals surface area (Å²) < 4.78 is 65.1. The molecular weight excluding hydrogens is 395 g/mol. The Labute approximate surface area is 140 Å². The Morgan fingerprint density at radius 3 is 2.43 bits per heavy atom. The number of alkyl halides is 3. The van der Waals surface area contributed by atoms with Gasteiger partial charge in [-0.3, -0.25) is 0 Å². The number of sulfonamides is 1. The molecule has 0 heterocycles. The molecule has 0 saturated heterocycles. The molecule has 2 aromatic carbocycles. The van der Waals surface area contributed by atoms with Gasteiger partial charge >= 0.3 is 6.18 Å². The van der Waals surface area contributed by atoms with E-state index < -0.39 is 26.7 Å². The summed E-state index contributed by atoms with van der Waals surface area (Å²) in [6, 6.07) is 9.98. The highest BCUT2D eigenvalue weighted by Gasteiger charge is 2.34. The van der Waals surface area contributed by atoms with Crippen LogP contribution in [0.25, 0.3) is 0 Å². The second-order valence-corrected chi connectivity index (χ2v) is 7.57. The Morgan fingerprint density at radius 1 is 1.13 bits per heavy atom. The van der Waals surface area contributed by atoms with Crippen LogP contribution in [0, 0.1) is 6.92 Å². The predicted octanol–water partition coefficient (Wildman–Crippen LogP) is 4.25. The lowest BCUT2D eigenvalue weighted by Gasteiger charge is -2.12. The number of nitrogens with one attached hydrogen (secondary N) is 1. The van der Waals surface area contributed by atoms with Crippen molar-refractivity contribution >= 4 is 26.0 Å². The Bertz CT molecular complexity index is 820. The van der Waals surface area contributed by atoms with Gasteiger partial charge in [-0.05, 0) is 30.7 Å². The van der Waals surface area contributed by atoms with Gasteiger partial charge in [0.1, 0.15) is 0 Å². The van der Waals surface area contributed by atoms with E-state index in [0.29, 0.717) is 6.07 Å². The molecular formula is C15H13BrF3NO2S. The maximum absolute atomic E-state index is 12.9. The number of aryl methyl sites for hydroxylation is 1. The van der Waals surface area contributed by atoms with Crippen molar-refractivity contribution in [1.82, 2.24) is 4.72 Å². The van der Waals surface area contributed by atoms with Crippen molar-refractivity contribution in [3.8, 4) is 0 Å². The van der Waals surface area contributed by atoms with Crippen LogP contribution >= 0.6 is 15.9 Å². The molecule has 0 aliphatic rings. The van der Waals surface area contributed by atoms with E-state index in [-0.39, 0.29) is 11.0 Å². The van der Waals surface area contributed by atoms with E-state index >= 15 is 0 Å². The van der Waals surface area contributed by atoms with E-state index in [4.69, 9.17) is 0 Å². The highest BCUT2D eigenvalue weighted by molar-refractivity contribution is 9.10. The molecule has 0 unspecified atom stereocenters. The lowest BCUT2D eigenvalue weighted by molar-refractivity contribution is -0.138. The maximum Gasteiger partial charge on any atom is 0.417 e. The first-order valence-electron chi connectivity index (χ1n) is 6.51. The summed E-state index contributed by atoms with van der Waals surface area (Å²) in [5.41, 5.74) is 0.655. The normalized spacial score (nSPS) is 12.4. The first-order valence-corrected chi connectivity index (χ1v) is 8.79. The van der Waals surface area contributed by atoms with Gasteiger partial charge in [0, 0.05) is 11.0 Å². The van der Waals surface area contributed by atoms with Gasteiger partial charge in [-0.25, -0.2) is 13.1 Å². The largest absolute Gasteiger partial charge is 0.417 e. The summed E-state index contributed by atoms with van der Waals surface area (Å²) in [5.74, 6) is 0. The fraction of sp³-hybridized carbons (Fsp3) is 0.200. The lowest BCUT2D eigenvalue weighted by Crippen LogP contribution is -2.23. The molecule has 2 aromatic rings. The van der Waals surface area contributed by atoms with Gasteiger partial charge in [0.05, 0.1) is 10.5 Å². The number of hydrogen-bond acceptors (Lipinski definition) is 2. The van der Waals surface area contributed by atoms with Gasteiger partial charge < -0.3 is 0 Å². The standard InChI is InChI=1S/C15H13BrF3NO2S/c1-10-3-2-4-11(7-10)9-20-23(21,22)12-5-6-14(16)13(8-12)15(17,18)19/h2-8,20H,9H2,1H3. The van der Waals surface area contributed by atoms with Crippen LogP contribution in [-0.2, 0) is 22.7 Å². The van der Waals surface area contributed by atoms with Crippen LogP contribution in [0.1, 0.15) is 16.7 Å². The second-order valence-electron chi connectivity index (χ2n) is 4.95. The van der Waals surface area contributed by atoms with Crippen LogP contribution in [-0.4, -0.2) is 8.42 Å². The molecule has 3 nitrogen and oxygen atoms in total. The van der Waals surface area contributed by atoms with E-state index in [2.05, 4.69) is 20.7 Å². The van der Waals surface area contributed by atoms with E-state index in [9.17, 15) is 21.6 Å². The zero-order valence-corrected chi connectivity index (χ0v) is 14.4. The molecule has 0 aliphatic carbocycles. The third-order valence-electron chi connectivity index (χ3n) is 3.10. The van der Waals surface area contributed by atoms with Crippen LogP contribution in [0.15, 0.2) is 51.8 Å². The fourth-order valence-electron chi connectivity index (χ4n) is 1.97. The van der Waals surface area contributed by atoms with E-state index in [0.717, 1.165) is 23.3 Å². The smallest absolute Gasteiger partial charge is 0.207 e. The number of rotatable bonds is 4. The average Bonchev–Trinajstić information content (AvgIpc) is 2.44. The summed E-state index contributed by atoms with van der Waals surface area (Å²) in [7, 11) is -4.04. The highest BCUT2D eigenvalue weighted by atomic mass is 79.9. The van der Waals surface area contributed by atoms with Gasteiger partial charge in [-0.15, -0.1) is 0 Å². The molecule has 2 rings (SSSR count). The molecule has 0 spiro atoms. The van der Waals surface area contributed by atoms with Gasteiger partial charge in [0.15, 0.2) is 0 Å². The molecule has 8 heteroatoms. The third-order valence-corrected chi connectivity index (χ3v) is 5.19. The maximum atomic E-state index is 12.9. The lowest BCUT2D eigenvalue weighted by atomic mass is 10.1. The third kappa shape index (κ3) is 4.55. The molecule has 0 amide bonds. The average molecular weight is 408 g/mol. The van der Waals surface area contributed by atoms with Crippen LogP contribution < -0.4 is 4.72 Å². The van der Waals surface area contributed by atoms with Crippen LogP contribution in [0.4, 0.5) is 13.2 Å². The number of halogens is 4. The van der Waals surface area contributed by atoms with E-state index in [1.54, 1.807) is 18.2 Å². The Morgan fingerprint density at radius 2 is 1.83 bits per heavy atom. The zero-order valence-electron chi connectivity index (χ0n) is 12.0. The summed E-state index contributed by atoms with van der Waals surface area (Å²) >= 11 is 2.78. The van der Waals surface area contributed by atoms with E-state index in [1.165, 1.54) is 0 Å². The van der Waals surface area contributed by atoms with Crippen LogP contribution in [0.2, 0.25) is 0 Å². The topological polar surface area (TPSA) is 46.2 Å². The van der Waals surface area contributed by atoms with Gasteiger partial charge in [0.2, 0.25) is 10.0 Å². The first kappa shape index (κ1) is 18.0. The molecule has 0 atom stereocenters. The first-order chi connectivity index (χ1) is 10.6. The fourth-order valence-corrected chi connectivity index (χ4v) is 3.49.